The Kier molecular flexibility index (Phi) is 5.77. The molecule has 1 heterocycles. The number of carbonyl (C=O) groups excluding carboxylic acids is 1. The van der Waals surface area contributed by atoms with Crippen LogP contribution in [0.25, 0.3) is 0 Å². The number of ether oxygens (including phenoxy) is 1. The number of carbonyl (C=O) groups is 1. The monoisotopic (exact) mass is 299 g/mol. The van der Waals surface area contributed by atoms with Crippen LogP contribution in [0, 0.1) is 13.8 Å². The molecule has 0 spiro atoms. The van der Waals surface area contributed by atoms with Gasteiger partial charge in [0.15, 0.2) is 0 Å². The number of amides is 2. The zero-order valence-corrected chi connectivity index (χ0v) is 12.9. The van der Waals surface area contributed by atoms with Gasteiger partial charge in [0.05, 0.1) is 6.54 Å². The second-order valence-corrected chi connectivity index (χ2v) is 5.03. The van der Waals surface area contributed by atoms with Gasteiger partial charge < -0.3 is 15.4 Å². The molecule has 2 amide bonds. The van der Waals surface area contributed by atoms with Gasteiger partial charge >= 0.3 is 6.03 Å². The molecule has 5 heteroatoms. The number of rotatable bonds is 6. The van der Waals surface area contributed by atoms with E-state index in [0.29, 0.717) is 19.7 Å². The fraction of sp³-hybridized carbons (Fsp3) is 0.294. The Labute approximate surface area is 130 Å². The van der Waals surface area contributed by atoms with Crippen molar-refractivity contribution in [2.75, 3.05) is 13.2 Å². The van der Waals surface area contributed by atoms with E-state index in [1.807, 2.05) is 44.2 Å². The predicted octanol–water partition coefficient (Wildman–Crippen LogP) is 2.58. The lowest BCUT2D eigenvalue weighted by molar-refractivity contribution is 0.236. The summed E-state index contributed by atoms with van der Waals surface area (Å²) < 4.78 is 5.73. The van der Waals surface area contributed by atoms with Crippen LogP contribution >= 0.6 is 0 Å². The van der Waals surface area contributed by atoms with E-state index in [2.05, 4.69) is 15.6 Å². The number of nitrogens with one attached hydrogen (secondary N) is 2. The van der Waals surface area contributed by atoms with Gasteiger partial charge in [0.25, 0.3) is 0 Å². The average Bonchev–Trinajstić information content (AvgIpc) is 2.53. The Bertz CT molecular complexity index is 594. The molecule has 0 saturated carbocycles. The molecule has 116 valence electrons. The maximum atomic E-state index is 11.7. The number of benzene rings is 1. The number of nitrogens with zero attached hydrogens (tertiary/aromatic N) is 1. The molecule has 0 radical (unpaired) electrons. The largest absolute Gasteiger partial charge is 0.491 e. The van der Waals surface area contributed by atoms with Gasteiger partial charge in [-0.25, -0.2) is 4.79 Å². The quantitative estimate of drug-likeness (QED) is 0.806. The highest BCUT2D eigenvalue weighted by molar-refractivity contribution is 5.73. The van der Waals surface area contributed by atoms with Gasteiger partial charge in [0, 0.05) is 18.9 Å². The summed E-state index contributed by atoms with van der Waals surface area (Å²) in [5.74, 6) is 0.890. The maximum Gasteiger partial charge on any atom is 0.315 e. The first-order valence-electron chi connectivity index (χ1n) is 7.26. The summed E-state index contributed by atoms with van der Waals surface area (Å²) in [7, 11) is 0. The third kappa shape index (κ3) is 4.77. The molecule has 1 aromatic heterocycles. The predicted molar refractivity (Wildman–Crippen MR) is 85.9 cm³/mol. The van der Waals surface area contributed by atoms with Crippen molar-refractivity contribution in [3.8, 4) is 5.75 Å². The highest BCUT2D eigenvalue weighted by atomic mass is 16.5. The van der Waals surface area contributed by atoms with E-state index in [1.165, 1.54) is 0 Å². The summed E-state index contributed by atoms with van der Waals surface area (Å²) in [5.41, 5.74) is 3.21. The summed E-state index contributed by atoms with van der Waals surface area (Å²) >= 11 is 0. The lowest BCUT2D eigenvalue weighted by Crippen LogP contribution is -2.37. The lowest BCUT2D eigenvalue weighted by Gasteiger charge is -2.12. The molecule has 0 fully saturated rings. The SMILES string of the molecule is Cc1cccc(C)c1OCCNC(=O)NCc1ccncc1. The minimum Gasteiger partial charge on any atom is -0.491 e. The number of urea groups is 1. The fourth-order valence-electron chi connectivity index (χ4n) is 2.09. The molecular weight excluding hydrogens is 278 g/mol. The average molecular weight is 299 g/mol. The topological polar surface area (TPSA) is 63.2 Å². The van der Waals surface area contributed by atoms with Crippen LogP contribution in [0.4, 0.5) is 4.79 Å². The number of aromatic nitrogens is 1. The van der Waals surface area contributed by atoms with Crippen molar-refractivity contribution in [2.45, 2.75) is 20.4 Å². The normalized spacial score (nSPS) is 10.1. The minimum absolute atomic E-state index is 0.207. The number of pyridine rings is 1. The molecule has 0 atom stereocenters. The van der Waals surface area contributed by atoms with Gasteiger partial charge in [-0.15, -0.1) is 0 Å². The zero-order chi connectivity index (χ0) is 15.8. The Hall–Kier alpha value is -2.56. The first-order chi connectivity index (χ1) is 10.7. The van der Waals surface area contributed by atoms with Gasteiger partial charge in [-0.1, -0.05) is 18.2 Å². The van der Waals surface area contributed by atoms with Gasteiger partial charge in [0.1, 0.15) is 12.4 Å². The molecule has 0 aliphatic heterocycles. The molecule has 0 aliphatic carbocycles. The Morgan fingerprint density at radius 2 is 1.77 bits per heavy atom. The number of hydrogen-bond acceptors (Lipinski definition) is 3. The third-order valence-corrected chi connectivity index (χ3v) is 3.25. The highest BCUT2D eigenvalue weighted by Crippen LogP contribution is 2.21. The van der Waals surface area contributed by atoms with Crippen molar-refractivity contribution >= 4 is 6.03 Å². The molecule has 0 aliphatic rings. The molecular formula is C17H21N3O2. The van der Waals surface area contributed by atoms with Crippen LogP contribution in [0.3, 0.4) is 0 Å². The smallest absolute Gasteiger partial charge is 0.315 e. The van der Waals surface area contributed by atoms with Crippen molar-refractivity contribution in [2.24, 2.45) is 0 Å². The Morgan fingerprint density at radius 1 is 1.09 bits per heavy atom. The van der Waals surface area contributed by atoms with Crippen LogP contribution in [-0.4, -0.2) is 24.2 Å². The first-order valence-corrected chi connectivity index (χ1v) is 7.26. The van der Waals surface area contributed by atoms with Crippen LogP contribution in [0.2, 0.25) is 0 Å². The molecule has 5 nitrogen and oxygen atoms in total. The summed E-state index contributed by atoms with van der Waals surface area (Å²) in [6.45, 7) is 5.39. The summed E-state index contributed by atoms with van der Waals surface area (Å²) in [4.78, 5) is 15.6. The van der Waals surface area contributed by atoms with Crippen LogP contribution in [0.15, 0.2) is 42.7 Å². The van der Waals surface area contributed by atoms with Gasteiger partial charge in [-0.2, -0.15) is 0 Å². The van der Waals surface area contributed by atoms with Crippen molar-refractivity contribution in [3.63, 3.8) is 0 Å². The molecule has 0 bridgehead atoms. The standard InChI is InChI=1S/C17H21N3O2/c1-13-4-3-5-14(2)16(13)22-11-10-19-17(21)20-12-15-6-8-18-9-7-15/h3-9H,10-12H2,1-2H3,(H2,19,20,21). The summed E-state index contributed by atoms with van der Waals surface area (Å²) in [5, 5.41) is 5.56. The molecule has 1 aromatic carbocycles. The molecule has 0 saturated heterocycles. The van der Waals surface area contributed by atoms with E-state index in [-0.39, 0.29) is 6.03 Å². The summed E-state index contributed by atoms with van der Waals surface area (Å²) in [6, 6.07) is 9.55. The number of hydrogen-bond donors (Lipinski definition) is 2. The van der Waals surface area contributed by atoms with E-state index in [4.69, 9.17) is 4.74 Å². The Morgan fingerprint density at radius 3 is 2.45 bits per heavy atom. The zero-order valence-electron chi connectivity index (χ0n) is 12.9. The number of aryl methyl sites for hydroxylation is 2. The van der Waals surface area contributed by atoms with Crippen molar-refractivity contribution < 1.29 is 9.53 Å². The van der Waals surface area contributed by atoms with Crippen molar-refractivity contribution in [1.82, 2.24) is 15.6 Å². The summed E-state index contributed by atoms with van der Waals surface area (Å²) in [6.07, 6.45) is 3.40. The molecule has 22 heavy (non-hydrogen) atoms. The van der Waals surface area contributed by atoms with Crippen molar-refractivity contribution in [1.29, 1.82) is 0 Å². The van der Waals surface area contributed by atoms with E-state index < -0.39 is 0 Å². The molecule has 2 aromatic rings. The second-order valence-electron chi connectivity index (χ2n) is 5.03. The van der Waals surface area contributed by atoms with Gasteiger partial charge in [-0.05, 0) is 42.7 Å². The van der Waals surface area contributed by atoms with Crippen LogP contribution in [0.5, 0.6) is 5.75 Å². The van der Waals surface area contributed by atoms with E-state index in [1.54, 1.807) is 12.4 Å². The minimum atomic E-state index is -0.207. The first kappa shape index (κ1) is 15.8. The lowest BCUT2D eigenvalue weighted by atomic mass is 10.1. The third-order valence-electron chi connectivity index (χ3n) is 3.25. The molecule has 2 N–H and O–H groups in total. The van der Waals surface area contributed by atoms with Crippen LogP contribution in [-0.2, 0) is 6.54 Å². The fourth-order valence-corrected chi connectivity index (χ4v) is 2.09. The van der Waals surface area contributed by atoms with Crippen molar-refractivity contribution in [3.05, 3.63) is 59.4 Å². The highest BCUT2D eigenvalue weighted by Gasteiger charge is 2.04. The van der Waals surface area contributed by atoms with Crippen LogP contribution < -0.4 is 15.4 Å². The van der Waals surface area contributed by atoms with Gasteiger partial charge in [0.2, 0.25) is 0 Å². The maximum absolute atomic E-state index is 11.7. The number of para-hydroxylation sites is 1. The van der Waals surface area contributed by atoms with Gasteiger partial charge in [-0.3, -0.25) is 4.98 Å². The molecule has 0 unspecified atom stereocenters. The van der Waals surface area contributed by atoms with Crippen LogP contribution in [0.1, 0.15) is 16.7 Å². The van der Waals surface area contributed by atoms with E-state index in [0.717, 1.165) is 22.4 Å². The second kappa shape index (κ2) is 8.02. The Balaban J connectivity index is 1.67. The molecule has 2 rings (SSSR count). The van der Waals surface area contributed by atoms with E-state index in [9.17, 15) is 4.79 Å². The van der Waals surface area contributed by atoms with E-state index >= 15 is 0 Å².